The Bertz CT molecular complexity index is 284. The van der Waals surface area contributed by atoms with Gasteiger partial charge in [0.05, 0.1) is 13.0 Å². The maximum Gasteiger partial charge on any atom is 0.309 e. The molecule has 0 heterocycles. The van der Waals surface area contributed by atoms with Crippen molar-refractivity contribution in [2.75, 3.05) is 20.8 Å². The zero-order valence-electron chi connectivity index (χ0n) is 16.7. The summed E-state index contributed by atoms with van der Waals surface area (Å²) >= 11 is 0. The summed E-state index contributed by atoms with van der Waals surface area (Å²) in [6, 6.07) is 0. The van der Waals surface area contributed by atoms with Crippen LogP contribution < -0.4 is 0 Å². The fourth-order valence-electron chi connectivity index (χ4n) is 1.95. The van der Waals surface area contributed by atoms with Gasteiger partial charge >= 0.3 is 5.97 Å². The smallest absolute Gasteiger partial charge is 0.309 e. The van der Waals surface area contributed by atoms with Crippen molar-refractivity contribution in [3.05, 3.63) is 0 Å². The number of carbonyl (C=O) groups is 1. The van der Waals surface area contributed by atoms with E-state index in [0.29, 0.717) is 11.3 Å². The summed E-state index contributed by atoms with van der Waals surface area (Å²) < 4.78 is 9.83. The van der Waals surface area contributed by atoms with Gasteiger partial charge < -0.3 is 9.47 Å². The van der Waals surface area contributed by atoms with Gasteiger partial charge in [0.2, 0.25) is 0 Å². The third kappa shape index (κ3) is 11.1. The van der Waals surface area contributed by atoms with Crippen molar-refractivity contribution in [2.24, 2.45) is 22.7 Å². The lowest BCUT2D eigenvalue weighted by molar-refractivity contribution is -0.149. The van der Waals surface area contributed by atoms with E-state index >= 15 is 0 Å². The van der Waals surface area contributed by atoms with Crippen LogP contribution in [0.4, 0.5) is 0 Å². The molecule has 0 bridgehead atoms. The van der Waals surface area contributed by atoms with Crippen LogP contribution in [0.2, 0.25) is 0 Å². The molecule has 0 spiro atoms. The SMILES string of the molecule is CCCCC(C(=O)OC)C(C)(C)C.COCC(C)C(C)(C)C. The van der Waals surface area contributed by atoms with Crippen molar-refractivity contribution in [1.82, 2.24) is 0 Å². The lowest BCUT2D eigenvalue weighted by atomic mass is 9.78. The van der Waals surface area contributed by atoms with Gasteiger partial charge in [-0.2, -0.15) is 0 Å². The Balaban J connectivity index is 0. The highest BCUT2D eigenvalue weighted by Gasteiger charge is 2.31. The second-order valence-electron chi connectivity index (χ2n) is 8.31. The standard InChI is InChI=1S/C11H22O2.C8H18O/c1-6-7-8-9(10(12)13-5)11(2,3)4;1-7(6-9-5)8(2,3)4/h9H,6-8H2,1-5H3;7H,6H2,1-5H3. The lowest BCUT2D eigenvalue weighted by Crippen LogP contribution is -2.29. The number of methoxy groups -OCH3 is 2. The molecule has 3 nitrogen and oxygen atoms in total. The molecule has 0 saturated heterocycles. The Morgan fingerprint density at radius 1 is 1.00 bits per heavy atom. The molecule has 3 heteroatoms. The first-order valence-electron chi connectivity index (χ1n) is 8.48. The van der Waals surface area contributed by atoms with Crippen molar-refractivity contribution in [3.63, 3.8) is 0 Å². The number of carbonyl (C=O) groups excluding carboxylic acids is 1. The number of hydrogen-bond donors (Lipinski definition) is 0. The minimum Gasteiger partial charge on any atom is -0.469 e. The summed E-state index contributed by atoms with van der Waals surface area (Å²) in [6.07, 6.45) is 3.16. The van der Waals surface area contributed by atoms with Crippen LogP contribution in [0, 0.1) is 22.7 Å². The van der Waals surface area contributed by atoms with E-state index in [-0.39, 0.29) is 17.3 Å². The van der Waals surface area contributed by atoms with E-state index in [4.69, 9.17) is 9.47 Å². The fourth-order valence-corrected chi connectivity index (χ4v) is 1.95. The van der Waals surface area contributed by atoms with Gasteiger partial charge in [-0.3, -0.25) is 4.79 Å². The molecule has 0 aromatic heterocycles. The number of ether oxygens (including phenoxy) is 2. The maximum atomic E-state index is 11.4. The third-order valence-electron chi connectivity index (χ3n) is 4.27. The average Bonchev–Trinajstić information content (AvgIpc) is 2.37. The number of rotatable bonds is 6. The van der Waals surface area contributed by atoms with Gasteiger partial charge in [-0.15, -0.1) is 0 Å². The van der Waals surface area contributed by atoms with Crippen molar-refractivity contribution < 1.29 is 14.3 Å². The highest BCUT2D eigenvalue weighted by Crippen LogP contribution is 2.31. The van der Waals surface area contributed by atoms with Gasteiger partial charge in [0.25, 0.3) is 0 Å². The van der Waals surface area contributed by atoms with E-state index in [1.807, 2.05) is 0 Å². The lowest BCUT2D eigenvalue weighted by Gasteiger charge is -2.28. The topological polar surface area (TPSA) is 35.5 Å². The summed E-state index contributed by atoms with van der Waals surface area (Å²) in [5, 5.41) is 0. The number of hydrogen-bond acceptors (Lipinski definition) is 3. The van der Waals surface area contributed by atoms with Gasteiger partial charge in [0.15, 0.2) is 0 Å². The molecular formula is C19H40O3. The van der Waals surface area contributed by atoms with Crippen LogP contribution in [0.25, 0.3) is 0 Å². The largest absolute Gasteiger partial charge is 0.469 e. The predicted molar refractivity (Wildman–Crippen MR) is 95.0 cm³/mol. The number of unbranched alkanes of at least 4 members (excludes halogenated alkanes) is 1. The second kappa shape index (κ2) is 11.0. The molecular weight excluding hydrogens is 276 g/mol. The first-order valence-corrected chi connectivity index (χ1v) is 8.48. The zero-order valence-corrected chi connectivity index (χ0v) is 16.7. The Labute approximate surface area is 139 Å². The molecule has 0 aliphatic rings. The molecule has 0 aliphatic heterocycles. The Kier molecular flexibility index (Phi) is 11.9. The van der Waals surface area contributed by atoms with Crippen LogP contribution >= 0.6 is 0 Å². The molecule has 0 saturated carbocycles. The summed E-state index contributed by atoms with van der Waals surface area (Å²) in [7, 11) is 3.22. The van der Waals surface area contributed by atoms with Crippen LogP contribution in [0.1, 0.15) is 74.7 Å². The summed E-state index contributed by atoms with van der Waals surface area (Å²) in [6.45, 7) is 18.2. The highest BCUT2D eigenvalue weighted by molar-refractivity contribution is 5.73. The van der Waals surface area contributed by atoms with Gasteiger partial charge in [-0.25, -0.2) is 0 Å². The summed E-state index contributed by atoms with van der Waals surface area (Å²) in [5.74, 6) is 0.612. The Morgan fingerprint density at radius 2 is 1.50 bits per heavy atom. The van der Waals surface area contributed by atoms with Gasteiger partial charge in [-0.1, -0.05) is 68.2 Å². The van der Waals surface area contributed by atoms with E-state index < -0.39 is 0 Å². The first kappa shape index (κ1) is 23.7. The minimum absolute atomic E-state index is 0.0161. The van der Waals surface area contributed by atoms with E-state index in [2.05, 4.69) is 55.4 Å². The molecule has 2 unspecified atom stereocenters. The van der Waals surface area contributed by atoms with E-state index in [1.165, 1.54) is 7.11 Å². The minimum atomic E-state index is -0.0686. The fraction of sp³-hybridized carbons (Fsp3) is 0.947. The Morgan fingerprint density at radius 3 is 1.73 bits per heavy atom. The van der Waals surface area contributed by atoms with E-state index in [0.717, 1.165) is 25.9 Å². The number of esters is 1. The van der Waals surface area contributed by atoms with E-state index in [1.54, 1.807) is 7.11 Å². The third-order valence-corrected chi connectivity index (χ3v) is 4.27. The van der Waals surface area contributed by atoms with Crippen LogP contribution in [-0.4, -0.2) is 26.8 Å². The molecule has 0 aromatic rings. The van der Waals surface area contributed by atoms with Gasteiger partial charge in [-0.05, 0) is 23.2 Å². The monoisotopic (exact) mass is 316 g/mol. The van der Waals surface area contributed by atoms with Crippen LogP contribution in [-0.2, 0) is 14.3 Å². The molecule has 0 radical (unpaired) electrons. The first-order chi connectivity index (χ1) is 9.91. The summed E-state index contributed by atoms with van der Waals surface area (Å²) in [4.78, 5) is 11.4. The zero-order chi connectivity index (χ0) is 18.0. The predicted octanol–water partition coefficient (Wildman–Crippen LogP) is 5.33. The van der Waals surface area contributed by atoms with Crippen molar-refractivity contribution >= 4 is 5.97 Å². The maximum absolute atomic E-state index is 11.4. The second-order valence-corrected chi connectivity index (χ2v) is 8.31. The van der Waals surface area contributed by atoms with Crippen molar-refractivity contribution in [2.45, 2.75) is 74.7 Å². The highest BCUT2D eigenvalue weighted by atomic mass is 16.5. The van der Waals surface area contributed by atoms with Crippen LogP contribution in [0.3, 0.4) is 0 Å². The molecule has 0 aliphatic carbocycles. The quantitative estimate of drug-likeness (QED) is 0.621. The molecule has 22 heavy (non-hydrogen) atoms. The Hall–Kier alpha value is -0.570. The normalized spacial score (nSPS) is 14.6. The van der Waals surface area contributed by atoms with Gasteiger partial charge in [0.1, 0.15) is 0 Å². The molecule has 0 N–H and O–H groups in total. The average molecular weight is 317 g/mol. The van der Waals surface area contributed by atoms with Gasteiger partial charge in [0, 0.05) is 13.7 Å². The molecule has 0 rings (SSSR count). The van der Waals surface area contributed by atoms with Crippen LogP contribution in [0.15, 0.2) is 0 Å². The molecule has 0 fully saturated rings. The van der Waals surface area contributed by atoms with E-state index in [9.17, 15) is 4.79 Å². The molecule has 134 valence electrons. The molecule has 0 amide bonds. The van der Waals surface area contributed by atoms with Crippen molar-refractivity contribution in [3.8, 4) is 0 Å². The van der Waals surface area contributed by atoms with Crippen molar-refractivity contribution in [1.29, 1.82) is 0 Å². The van der Waals surface area contributed by atoms with Crippen LogP contribution in [0.5, 0.6) is 0 Å². The summed E-state index contributed by atoms with van der Waals surface area (Å²) in [5.41, 5.74) is 0.401. The molecule has 2 atom stereocenters. The molecule has 0 aromatic carbocycles.